The van der Waals surface area contributed by atoms with Gasteiger partial charge in [-0.1, -0.05) is 164 Å². The van der Waals surface area contributed by atoms with E-state index in [1.807, 2.05) is 60.7 Å². The SMILES string of the molecule is N#Cc1cc(-c2nc(-c3ccccc3)nc(-n3c4ccc(-c5ccccc5)cc4c4cc(-c5ccccc5)ccc43)n2)ccc1-n1c2ccccc2c2ccc3c(c4ccccc4n3-c3ccccc3)c21. The largest absolute Gasteiger partial charge is 0.309 e. The second kappa shape index (κ2) is 16.1. The van der Waals surface area contributed by atoms with Gasteiger partial charge in [0.1, 0.15) is 6.07 Å². The third-order valence-corrected chi connectivity index (χ3v) is 13.9. The molecule has 71 heavy (non-hydrogen) atoms. The van der Waals surface area contributed by atoms with Crippen LogP contribution >= 0.6 is 0 Å². The average molecular weight is 906 g/mol. The van der Waals surface area contributed by atoms with Crippen molar-refractivity contribution in [3.63, 3.8) is 0 Å². The summed E-state index contributed by atoms with van der Waals surface area (Å²) in [5.74, 6) is 1.48. The fourth-order valence-corrected chi connectivity index (χ4v) is 10.7. The summed E-state index contributed by atoms with van der Waals surface area (Å²) in [4.78, 5) is 15.7. The van der Waals surface area contributed by atoms with Gasteiger partial charge in [-0.05, 0) is 95.1 Å². The maximum atomic E-state index is 11.2. The molecule has 4 aromatic heterocycles. The van der Waals surface area contributed by atoms with Crippen LogP contribution in [0.3, 0.4) is 0 Å². The summed E-state index contributed by atoms with van der Waals surface area (Å²) in [5, 5.41) is 17.9. The molecule has 0 fully saturated rings. The van der Waals surface area contributed by atoms with Gasteiger partial charge in [0.25, 0.3) is 0 Å². The number of nitrogens with zero attached hydrogens (tertiary/aromatic N) is 7. The van der Waals surface area contributed by atoms with Gasteiger partial charge in [0.05, 0.1) is 44.4 Å². The van der Waals surface area contributed by atoms with E-state index in [0.717, 1.165) is 105 Å². The van der Waals surface area contributed by atoms with Crippen LogP contribution in [0.15, 0.2) is 237 Å². The van der Waals surface area contributed by atoms with E-state index in [2.05, 4.69) is 196 Å². The molecule has 0 N–H and O–H groups in total. The Labute approximate surface area is 408 Å². The fraction of sp³-hybridized carbons (Fsp3) is 0. The zero-order valence-corrected chi connectivity index (χ0v) is 38.1. The van der Waals surface area contributed by atoms with E-state index < -0.39 is 0 Å². The lowest BCUT2D eigenvalue weighted by molar-refractivity contribution is 0.953. The molecule has 0 aliphatic rings. The minimum Gasteiger partial charge on any atom is -0.309 e. The van der Waals surface area contributed by atoms with Crippen molar-refractivity contribution in [1.82, 2.24) is 28.7 Å². The Bertz CT molecular complexity index is 4350. The third kappa shape index (κ3) is 6.40. The normalized spacial score (nSPS) is 11.6. The van der Waals surface area contributed by atoms with E-state index in [0.29, 0.717) is 28.7 Å². The quantitative estimate of drug-likeness (QED) is 0.160. The highest BCUT2D eigenvalue weighted by Crippen LogP contribution is 2.43. The van der Waals surface area contributed by atoms with Crippen LogP contribution in [-0.4, -0.2) is 28.7 Å². The number of nitriles is 1. The zero-order chi connectivity index (χ0) is 47.0. The van der Waals surface area contributed by atoms with E-state index in [1.54, 1.807) is 0 Å². The van der Waals surface area contributed by atoms with Gasteiger partial charge in [-0.25, -0.2) is 4.98 Å². The maximum absolute atomic E-state index is 11.2. The lowest BCUT2D eigenvalue weighted by Crippen LogP contribution is -2.07. The number of rotatable bonds is 7. The molecule has 0 aliphatic carbocycles. The molecule has 0 saturated heterocycles. The lowest BCUT2D eigenvalue weighted by Gasteiger charge is -2.14. The molecule has 14 aromatic rings. The predicted molar refractivity (Wildman–Crippen MR) is 289 cm³/mol. The molecule has 10 aromatic carbocycles. The molecule has 0 bridgehead atoms. The standard InChI is InChI=1S/C64H39N7/c65-40-47-37-46(31-33-54(47)70-55-27-15-13-25-49(55)50-32-36-59-60(61(50)70)51-26-14-16-28-56(51)69(59)48-23-11-4-12-24-48)63-66-62(43-21-9-3-10-22-43)67-64(68-63)71-57-34-29-44(41-17-5-1-6-18-41)38-52(57)53-39-45(30-35-58(53)71)42-19-7-2-8-20-42/h1-39H. The van der Waals surface area contributed by atoms with Crippen molar-refractivity contribution in [2.75, 3.05) is 0 Å². The van der Waals surface area contributed by atoms with Gasteiger partial charge < -0.3 is 9.13 Å². The van der Waals surface area contributed by atoms with Crippen molar-refractivity contribution in [2.24, 2.45) is 0 Å². The van der Waals surface area contributed by atoms with Crippen LogP contribution in [0.25, 0.3) is 128 Å². The monoisotopic (exact) mass is 905 g/mol. The molecular formula is C64H39N7. The van der Waals surface area contributed by atoms with Crippen LogP contribution in [0.1, 0.15) is 5.56 Å². The summed E-state index contributed by atoms with van der Waals surface area (Å²) in [5.41, 5.74) is 14.7. The second-order valence-corrected chi connectivity index (χ2v) is 17.9. The summed E-state index contributed by atoms with van der Waals surface area (Å²) in [6, 6.07) is 84.9. The van der Waals surface area contributed by atoms with Crippen LogP contribution in [0.4, 0.5) is 0 Å². The predicted octanol–water partition coefficient (Wildman–Crippen LogP) is 15.7. The van der Waals surface area contributed by atoms with Crippen LogP contribution in [0.2, 0.25) is 0 Å². The number of hydrogen-bond donors (Lipinski definition) is 0. The van der Waals surface area contributed by atoms with E-state index in [1.165, 1.54) is 0 Å². The number of para-hydroxylation sites is 3. The Morgan fingerprint density at radius 3 is 1.44 bits per heavy atom. The topological polar surface area (TPSA) is 77.2 Å². The van der Waals surface area contributed by atoms with Gasteiger partial charge >= 0.3 is 0 Å². The molecule has 0 aliphatic heterocycles. The molecule has 14 rings (SSSR count). The first-order chi connectivity index (χ1) is 35.2. The Morgan fingerprint density at radius 1 is 0.324 bits per heavy atom. The summed E-state index contributed by atoms with van der Waals surface area (Å²) >= 11 is 0. The highest BCUT2D eigenvalue weighted by Gasteiger charge is 2.24. The molecule has 7 nitrogen and oxygen atoms in total. The molecular weight excluding hydrogens is 867 g/mol. The number of benzene rings is 10. The molecule has 0 spiro atoms. The van der Waals surface area contributed by atoms with Crippen molar-refractivity contribution in [1.29, 1.82) is 5.26 Å². The van der Waals surface area contributed by atoms with E-state index in [9.17, 15) is 5.26 Å². The van der Waals surface area contributed by atoms with Crippen molar-refractivity contribution >= 4 is 65.4 Å². The summed E-state index contributed by atoms with van der Waals surface area (Å²) in [6.07, 6.45) is 0. The van der Waals surface area contributed by atoms with Gasteiger partial charge in [0, 0.05) is 49.1 Å². The van der Waals surface area contributed by atoms with Crippen LogP contribution in [-0.2, 0) is 0 Å². The van der Waals surface area contributed by atoms with Crippen molar-refractivity contribution < 1.29 is 0 Å². The lowest BCUT2D eigenvalue weighted by atomic mass is 10.0. The molecule has 0 atom stereocenters. The van der Waals surface area contributed by atoms with Crippen molar-refractivity contribution in [2.45, 2.75) is 0 Å². The zero-order valence-electron chi connectivity index (χ0n) is 38.1. The number of fused-ring (bicyclic) bond motifs is 10. The van der Waals surface area contributed by atoms with Gasteiger partial charge in [0.2, 0.25) is 5.95 Å². The minimum atomic E-state index is 0.462. The molecule has 0 radical (unpaired) electrons. The molecule has 330 valence electrons. The molecule has 0 saturated carbocycles. The van der Waals surface area contributed by atoms with E-state index >= 15 is 0 Å². The van der Waals surface area contributed by atoms with E-state index in [-0.39, 0.29) is 0 Å². The highest BCUT2D eigenvalue weighted by molar-refractivity contribution is 6.26. The first kappa shape index (κ1) is 40.2. The van der Waals surface area contributed by atoms with Crippen molar-refractivity contribution in [3.05, 3.63) is 242 Å². The fourth-order valence-electron chi connectivity index (χ4n) is 10.7. The first-order valence-electron chi connectivity index (χ1n) is 23.7. The highest BCUT2D eigenvalue weighted by atomic mass is 15.2. The number of aromatic nitrogens is 6. The molecule has 0 unspecified atom stereocenters. The Kier molecular flexibility index (Phi) is 9.13. The smallest absolute Gasteiger partial charge is 0.238 e. The summed E-state index contributed by atoms with van der Waals surface area (Å²) < 4.78 is 6.77. The Balaban J connectivity index is 0.994. The first-order valence-corrected chi connectivity index (χ1v) is 23.7. The third-order valence-electron chi connectivity index (χ3n) is 13.9. The maximum Gasteiger partial charge on any atom is 0.238 e. The van der Waals surface area contributed by atoms with Crippen molar-refractivity contribution in [3.8, 4) is 68.4 Å². The van der Waals surface area contributed by atoms with Gasteiger partial charge in [-0.3, -0.25) is 4.57 Å². The second-order valence-electron chi connectivity index (χ2n) is 17.9. The Hall–Kier alpha value is -9.90. The van der Waals surface area contributed by atoms with Crippen LogP contribution < -0.4 is 0 Å². The number of hydrogen-bond acceptors (Lipinski definition) is 4. The average Bonchev–Trinajstić information content (AvgIpc) is 4.09. The van der Waals surface area contributed by atoms with Gasteiger partial charge in [0.15, 0.2) is 11.6 Å². The van der Waals surface area contributed by atoms with Crippen LogP contribution in [0, 0.1) is 11.3 Å². The Morgan fingerprint density at radius 2 is 0.817 bits per heavy atom. The molecule has 7 heteroatoms. The summed E-state index contributed by atoms with van der Waals surface area (Å²) in [7, 11) is 0. The van der Waals surface area contributed by atoms with Gasteiger partial charge in [-0.15, -0.1) is 0 Å². The van der Waals surface area contributed by atoms with Gasteiger partial charge in [-0.2, -0.15) is 15.2 Å². The van der Waals surface area contributed by atoms with Crippen LogP contribution in [0.5, 0.6) is 0 Å². The summed E-state index contributed by atoms with van der Waals surface area (Å²) in [6.45, 7) is 0. The minimum absolute atomic E-state index is 0.462. The molecule has 4 heterocycles. The molecule has 0 amide bonds. The van der Waals surface area contributed by atoms with E-state index in [4.69, 9.17) is 15.0 Å².